The highest BCUT2D eigenvalue weighted by atomic mass is 32.2. The smallest absolute Gasteiger partial charge is 0.339 e. The molecule has 2 amide bonds. The summed E-state index contributed by atoms with van der Waals surface area (Å²) >= 11 is 0. The molecule has 11 heteroatoms. The lowest BCUT2D eigenvalue weighted by atomic mass is 10.1. The second-order valence-corrected chi connectivity index (χ2v) is 12.5. The maximum atomic E-state index is 13.1. The molecule has 0 radical (unpaired) electrons. The molecule has 0 spiro atoms. The van der Waals surface area contributed by atoms with Crippen LogP contribution in [0.3, 0.4) is 0 Å². The van der Waals surface area contributed by atoms with Crippen molar-refractivity contribution in [2.45, 2.75) is 49.3 Å². The van der Waals surface area contributed by atoms with Crippen molar-refractivity contribution in [3.63, 3.8) is 0 Å². The molecule has 42 heavy (non-hydrogen) atoms. The first kappa shape index (κ1) is 30.6. The first-order valence-electron chi connectivity index (χ1n) is 13.4. The summed E-state index contributed by atoms with van der Waals surface area (Å²) in [5, 5.41) is 5.24. The fraction of sp³-hybridized carbons (Fsp3) is 0.194. The number of aryl methyl sites for hydroxylation is 2. The van der Waals surface area contributed by atoms with Crippen molar-refractivity contribution < 1.29 is 30.0 Å². The first-order valence-corrected chi connectivity index (χ1v) is 16.3. The van der Waals surface area contributed by atoms with E-state index < -0.39 is 26.3 Å². The number of hydrogen-bond acceptors (Lipinski definition) is 7. The molecule has 0 saturated heterocycles. The molecular weight excluding hydrogens is 576 g/mol. The molecule has 0 aliphatic heterocycles. The van der Waals surface area contributed by atoms with Gasteiger partial charge in [-0.15, -0.1) is 0 Å². The van der Waals surface area contributed by atoms with Crippen LogP contribution in [0.2, 0.25) is 0 Å². The monoisotopic (exact) mass is 608 g/mol. The summed E-state index contributed by atoms with van der Waals surface area (Å²) in [5.74, 6) is -0.109. The van der Waals surface area contributed by atoms with Gasteiger partial charge in [0, 0.05) is 0 Å². The Morgan fingerprint density at radius 2 is 0.976 bits per heavy atom. The van der Waals surface area contributed by atoms with Gasteiger partial charge in [0.05, 0.1) is 11.4 Å². The number of amides is 2. The average Bonchev–Trinajstić information content (AvgIpc) is 2.97. The van der Waals surface area contributed by atoms with E-state index in [1.54, 1.807) is 72.8 Å². The molecule has 220 valence electrons. The molecule has 0 saturated carbocycles. The van der Waals surface area contributed by atoms with Crippen LogP contribution in [-0.2, 0) is 33.1 Å². The highest BCUT2D eigenvalue weighted by Gasteiger charge is 2.22. The van der Waals surface area contributed by atoms with Gasteiger partial charge in [0.15, 0.2) is 11.5 Å². The minimum atomic E-state index is -4.18. The molecule has 0 unspecified atom stereocenters. The zero-order valence-electron chi connectivity index (χ0n) is 23.2. The van der Waals surface area contributed by atoms with E-state index in [0.29, 0.717) is 12.8 Å². The van der Waals surface area contributed by atoms with Gasteiger partial charge >= 0.3 is 26.3 Å². The van der Waals surface area contributed by atoms with E-state index >= 15 is 0 Å². The van der Waals surface area contributed by atoms with Gasteiger partial charge in [-0.1, -0.05) is 75.2 Å². The molecule has 0 aromatic heterocycles. The van der Waals surface area contributed by atoms with Crippen LogP contribution in [0.5, 0.6) is 11.5 Å². The average molecular weight is 609 g/mol. The van der Waals surface area contributed by atoms with Gasteiger partial charge in [-0.25, -0.2) is 4.79 Å². The predicted octanol–water partition coefficient (Wildman–Crippen LogP) is 6.77. The van der Waals surface area contributed by atoms with Crippen LogP contribution in [0.4, 0.5) is 16.2 Å². The van der Waals surface area contributed by atoms with E-state index in [1.165, 1.54) is 24.3 Å². The third-order valence-corrected chi connectivity index (χ3v) is 8.63. The predicted molar refractivity (Wildman–Crippen MR) is 162 cm³/mol. The van der Waals surface area contributed by atoms with Gasteiger partial charge in [0.25, 0.3) is 0 Å². The summed E-state index contributed by atoms with van der Waals surface area (Å²) in [4.78, 5) is 13.1. The Labute approximate surface area is 246 Å². The standard InChI is InChI=1S/C31H32N2O7S2/c1-3-11-23-17-19-27(29(21-23)39-41(35,36)25-13-7-5-8-14-25)32-31(34)33-28-20-18-24(12-4-2)22-30(28)40-42(37,38)26-15-9-6-10-16-26/h5-10,13-22H,3-4,11-12H2,1-2H3,(H2,32,33,34). The number of carbonyl (C=O) groups is 1. The van der Waals surface area contributed by atoms with Crippen LogP contribution in [0.1, 0.15) is 37.8 Å². The van der Waals surface area contributed by atoms with Crippen LogP contribution in [0.15, 0.2) is 107 Å². The Morgan fingerprint density at radius 3 is 1.33 bits per heavy atom. The molecule has 9 nitrogen and oxygen atoms in total. The van der Waals surface area contributed by atoms with Crippen LogP contribution < -0.4 is 19.0 Å². The second kappa shape index (κ2) is 13.5. The number of rotatable bonds is 12. The lowest BCUT2D eigenvalue weighted by molar-refractivity contribution is 0.262. The number of carbonyl (C=O) groups excluding carboxylic acids is 1. The molecule has 0 aliphatic rings. The van der Waals surface area contributed by atoms with Crippen molar-refractivity contribution in [2.24, 2.45) is 0 Å². The van der Waals surface area contributed by atoms with Gasteiger partial charge in [0.1, 0.15) is 9.79 Å². The number of urea groups is 1. The van der Waals surface area contributed by atoms with Crippen molar-refractivity contribution in [3.8, 4) is 11.5 Å². The number of nitrogens with one attached hydrogen (secondary N) is 2. The summed E-state index contributed by atoms with van der Waals surface area (Å²) in [7, 11) is -8.37. The molecule has 0 aliphatic carbocycles. The normalized spacial score (nSPS) is 11.5. The molecule has 0 heterocycles. The molecule has 4 rings (SSSR count). The third-order valence-electron chi connectivity index (χ3n) is 6.13. The Kier molecular flexibility index (Phi) is 9.87. The van der Waals surface area contributed by atoms with Crippen LogP contribution in [-0.4, -0.2) is 22.9 Å². The van der Waals surface area contributed by atoms with E-state index in [-0.39, 0.29) is 32.7 Å². The van der Waals surface area contributed by atoms with Crippen LogP contribution in [0, 0.1) is 0 Å². The number of benzene rings is 4. The lowest BCUT2D eigenvalue weighted by Gasteiger charge is -2.16. The Morgan fingerprint density at radius 1 is 0.595 bits per heavy atom. The van der Waals surface area contributed by atoms with Crippen molar-refractivity contribution in [1.82, 2.24) is 0 Å². The van der Waals surface area contributed by atoms with Gasteiger partial charge in [-0.3, -0.25) is 0 Å². The van der Waals surface area contributed by atoms with Gasteiger partial charge < -0.3 is 19.0 Å². The highest BCUT2D eigenvalue weighted by molar-refractivity contribution is 7.87. The number of hydrogen-bond donors (Lipinski definition) is 2. The molecular formula is C31H32N2O7S2. The van der Waals surface area contributed by atoms with Crippen molar-refractivity contribution >= 4 is 37.6 Å². The van der Waals surface area contributed by atoms with Crippen molar-refractivity contribution in [2.75, 3.05) is 10.6 Å². The summed E-state index contributed by atoms with van der Waals surface area (Å²) in [6.45, 7) is 3.98. The zero-order valence-corrected chi connectivity index (χ0v) is 24.9. The maximum Gasteiger partial charge on any atom is 0.339 e. The topological polar surface area (TPSA) is 128 Å². The fourth-order valence-electron chi connectivity index (χ4n) is 4.15. The molecule has 4 aromatic carbocycles. The largest absolute Gasteiger partial charge is 0.377 e. The van der Waals surface area contributed by atoms with Gasteiger partial charge in [-0.2, -0.15) is 16.8 Å². The minimum Gasteiger partial charge on any atom is -0.377 e. The molecule has 0 bridgehead atoms. The quantitative estimate of drug-likeness (QED) is 0.170. The molecule has 0 atom stereocenters. The first-order chi connectivity index (χ1) is 20.1. The van der Waals surface area contributed by atoms with E-state index in [4.69, 9.17) is 8.37 Å². The number of anilines is 2. The summed E-state index contributed by atoms with van der Waals surface area (Å²) in [6.07, 6.45) is 2.99. The minimum absolute atomic E-state index is 0.0325. The molecule has 0 fully saturated rings. The zero-order chi connectivity index (χ0) is 30.2. The van der Waals surface area contributed by atoms with Gasteiger partial charge in [-0.05, 0) is 72.5 Å². The summed E-state index contributed by atoms with van der Waals surface area (Å²) < 4.78 is 62.7. The third kappa shape index (κ3) is 7.89. The molecule has 4 aromatic rings. The Hall–Kier alpha value is -4.35. The Bertz CT molecular complexity index is 1610. The fourth-order valence-corrected chi connectivity index (χ4v) is 6.07. The van der Waals surface area contributed by atoms with Crippen LogP contribution in [0.25, 0.3) is 0 Å². The highest BCUT2D eigenvalue weighted by Crippen LogP contribution is 2.32. The van der Waals surface area contributed by atoms with Gasteiger partial charge in [0.2, 0.25) is 0 Å². The van der Waals surface area contributed by atoms with E-state index in [0.717, 1.165) is 24.0 Å². The van der Waals surface area contributed by atoms with Crippen molar-refractivity contribution in [1.29, 1.82) is 0 Å². The summed E-state index contributed by atoms with van der Waals surface area (Å²) in [5.41, 5.74) is 1.87. The lowest BCUT2D eigenvalue weighted by Crippen LogP contribution is -2.21. The molecule has 2 N–H and O–H groups in total. The Balaban J connectivity index is 1.61. The maximum absolute atomic E-state index is 13.1. The second-order valence-electron chi connectivity index (χ2n) is 9.44. The van der Waals surface area contributed by atoms with Crippen LogP contribution >= 0.6 is 0 Å². The van der Waals surface area contributed by atoms with E-state index in [1.807, 2.05) is 13.8 Å². The van der Waals surface area contributed by atoms with Crippen molar-refractivity contribution in [3.05, 3.63) is 108 Å². The van der Waals surface area contributed by atoms with E-state index in [2.05, 4.69) is 10.6 Å². The summed E-state index contributed by atoms with van der Waals surface area (Å²) in [6, 6.07) is 24.4. The SMILES string of the molecule is CCCc1ccc(NC(=O)Nc2ccc(CCC)cc2OS(=O)(=O)c2ccccc2)c(OS(=O)(=O)c2ccccc2)c1. The van der Waals surface area contributed by atoms with E-state index in [9.17, 15) is 21.6 Å².